The van der Waals surface area contributed by atoms with E-state index in [2.05, 4.69) is 54.5 Å². The Labute approximate surface area is 202 Å². The molecule has 3 heteroatoms. The molecule has 1 heterocycles. The van der Waals surface area contributed by atoms with Crippen molar-refractivity contribution in [2.45, 2.75) is 99.8 Å². The van der Waals surface area contributed by atoms with Crippen molar-refractivity contribution in [2.75, 3.05) is 13.2 Å². The Balaban J connectivity index is 1.61. The molecular formula is C30H48O3. The molecule has 186 valence electrons. The van der Waals surface area contributed by atoms with Gasteiger partial charge in [-0.05, 0) is 90.3 Å². The van der Waals surface area contributed by atoms with Crippen LogP contribution in [0.1, 0.15) is 99.8 Å². The van der Waals surface area contributed by atoms with Gasteiger partial charge in [-0.2, -0.15) is 0 Å². The quantitative estimate of drug-likeness (QED) is 0.451. The number of hydrogen-bond donors (Lipinski definition) is 1. The Hall–Kier alpha value is -0.830. The lowest BCUT2D eigenvalue weighted by Crippen LogP contribution is -2.65. The SMILES string of the molecule is CC(C)[C@@H](C)C1(C)CCC2(C)C3CCC4C5(C)CCCC4(COC5)C3=CCC2(C)C1C(=O)O. The minimum atomic E-state index is -0.562. The van der Waals surface area contributed by atoms with E-state index in [0.717, 1.165) is 38.4 Å². The zero-order chi connectivity index (χ0) is 24.0. The Morgan fingerprint density at radius 3 is 2.39 bits per heavy atom. The summed E-state index contributed by atoms with van der Waals surface area (Å²) in [5.41, 5.74) is 1.90. The van der Waals surface area contributed by atoms with Gasteiger partial charge in [0.2, 0.25) is 0 Å². The highest BCUT2D eigenvalue weighted by Crippen LogP contribution is 2.74. The van der Waals surface area contributed by atoms with Crippen LogP contribution in [0, 0.1) is 56.7 Å². The van der Waals surface area contributed by atoms with Gasteiger partial charge in [-0.1, -0.05) is 66.5 Å². The number of hydrogen-bond acceptors (Lipinski definition) is 2. The van der Waals surface area contributed by atoms with Crippen LogP contribution in [0.5, 0.6) is 0 Å². The third kappa shape index (κ3) is 2.87. The fourth-order valence-corrected chi connectivity index (χ4v) is 10.6. The molecule has 1 aliphatic heterocycles. The van der Waals surface area contributed by atoms with Crippen molar-refractivity contribution in [3.8, 4) is 0 Å². The van der Waals surface area contributed by atoms with Crippen LogP contribution in [-0.2, 0) is 9.53 Å². The maximum absolute atomic E-state index is 13.1. The monoisotopic (exact) mass is 456 g/mol. The van der Waals surface area contributed by atoms with Crippen molar-refractivity contribution in [3.63, 3.8) is 0 Å². The molecule has 0 radical (unpaired) electrons. The highest BCUT2D eigenvalue weighted by atomic mass is 16.5. The smallest absolute Gasteiger partial charge is 0.307 e. The van der Waals surface area contributed by atoms with E-state index in [0.29, 0.717) is 23.2 Å². The van der Waals surface area contributed by atoms with Gasteiger partial charge in [0.05, 0.1) is 19.1 Å². The standard InChI is InChI=1S/C30H48O3/c1-19(2)20(3)27(5)15-16-28(6)21-9-10-23-26(4)12-8-13-30(23,18-33-17-26)22(21)11-14-29(28,7)24(27)25(31)32/h11,19-21,23-24H,8-10,12-18H2,1-7H3,(H,31,32)/t20-,21?,23?,24?,26?,27?,28?,29?,30?/m1/s1. The zero-order valence-corrected chi connectivity index (χ0v) is 22.3. The summed E-state index contributed by atoms with van der Waals surface area (Å²) < 4.78 is 6.36. The fraction of sp³-hybridized carbons (Fsp3) is 0.900. The lowest BCUT2D eigenvalue weighted by molar-refractivity contribution is -0.208. The van der Waals surface area contributed by atoms with Crippen LogP contribution in [0.25, 0.3) is 0 Å². The Kier molecular flexibility index (Phi) is 5.31. The highest BCUT2D eigenvalue weighted by Gasteiger charge is 2.69. The van der Waals surface area contributed by atoms with E-state index in [1.807, 2.05) is 0 Å². The van der Waals surface area contributed by atoms with Crippen molar-refractivity contribution in [3.05, 3.63) is 11.6 Å². The van der Waals surface area contributed by atoms with Gasteiger partial charge in [-0.3, -0.25) is 4.79 Å². The number of aliphatic carboxylic acids is 1. The van der Waals surface area contributed by atoms with Gasteiger partial charge >= 0.3 is 5.97 Å². The molecule has 0 aromatic rings. The van der Waals surface area contributed by atoms with Gasteiger partial charge in [0, 0.05) is 5.41 Å². The molecule has 8 unspecified atom stereocenters. The summed E-state index contributed by atoms with van der Waals surface area (Å²) in [4.78, 5) is 13.1. The van der Waals surface area contributed by atoms with Crippen molar-refractivity contribution in [1.29, 1.82) is 0 Å². The maximum Gasteiger partial charge on any atom is 0.307 e. The summed E-state index contributed by atoms with van der Waals surface area (Å²) in [7, 11) is 0. The maximum atomic E-state index is 13.1. The Morgan fingerprint density at radius 2 is 1.73 bits per heavy atom. The first kappa shape index (κ1) is 23.9. The normalized spacial score (nSPS) is 52.2. The Morgan fingerprint density at radius 1 is 1.00 bits per heavy atom. The molecule has 1 N–H and O–H groups in total. The topological polar surface area (TPSA) is 46.5 Å². The average molecular weight is 457 g/mol. The van der Waals surface area contributed by atoms with Gasteiger partial charge in [0.1, 0.15) is 0 Å². The molecule has 9 atom stereocenters. The van der Waals surface area contributed by atoms with Gasteiger partial charge < -0.3 is 9.84 Å². The second kappa shape index (κ2) is 7.34. The number of ether oxygens (including phenoxy) is 1. The highest BCUT2D eigenvalue weighted by molar-refractivity contribution is 5.73. The first-order valence-corrected chi connectivity index (χ1v) is 13.9. The molecule has 5 aliphatic rings. The molecule has 33 heavy (non-hydrogen) atoms. The summed E-state index contributed by atoms with van der Waals surface area (Å²) >= 11 is 0. The van der Waals surface area contributed by atoms with Gasteiger partial charge in [-0.15, -0.1) is 0 Å². The zero-order valence-electron chi connectivity index (χ0n) is 22.3. The van der Waals surface area contributed by atoms with Crippen LogP contribution >= 0.6 is 0 Å². The molecule has 0 aromatic carbocycles. The number of carbonyl (C=O) groups is 1. The fourth-order valence-electron chi connectivity index (χ4n) is 10.6. The van der Waals surface area contributed by atoms with Crippen LogP contribution in [0.15, 0.2) is 11.6 Å². The first-order valence-electron chi connectivity index (χ1n) is 13.9. The average Bonchev–Trinajstić information content (AvgIpc) is 2.73. The first-order chi connectivity index (χ1) is 15.4. The summed E-state index contributed by atoms with van der Waals surface area (Å²) in [5.74, 6) is 1.28. The minimum Gasteiger partial charge on any atom is -0.481 e. The molecular weight excluding hydrogens is 408 g/mol. The van der Waals surface area contributed by atoms with Crippen molar-refractivity contribution < 1.29 is 14.6 Å². The summed E-state index contributed by atoms with van der Waals surface area (Å²) in [6, 6.07) is 0. The van der Waals surface area contributed by atoms with Crippen molar-refractivity contribution in [1.82, 2.24) is 0 Å². The van der Waals surface area contributed by atoms with Crippen LogP contribution in [0.3, 0.4) is 0 Å². The van der Waals surface area contributed by atoms with E-state index >= 15 is 0 Å². The summed E-state index contributed by atoms with van der Waals surface area (Å²) in [6.45, 7) is 18.3. The third-order valence-corrected chi connectivity index (χ3v) is 13.0. The van der Waals surface area contributed by atoms with E-state index in [9.17, 15) is 9.90 Å². The van der Waals surface area contributed by atoms with Crippen LogP contribution in [0.2, 0.25) is 0 Å². The second-order valence-electron chi connectivity index (χ2n) is 14.3. The predicted molar refractivity (Wildman–Crippen MR) is 133 cm³/mol. The van der Waals surface area contributed by atoms with Gasteiger partial charge in [0.25, 0.3) is 0 Å². The second-order valence-corrected chi connectivity index (χ2v) is 14.3. The molecule has 2 bridgehead atoms. The van der Waals surface area contributed by atoms with Gasteiger partial charge in [-0.25, -0.2) is 0 Å². The summed E-state index contributed by atoms with van der Waals surface area (Å²) in [5, 5.41) is 10.7. The van der Waals surface area contributed by atoms with Crippen LogP contribution in [-0.4, -0.2) is 24.3 Å². The molecule has 3 nitrogen and oxygen atoms in total. The number of rotatable bonds is 3. The number of fused-ring (bicyclic) bond motifs is 3. The molecule has 0 spiro atoms. The van der Waals surface area contributed by atoms with Crippen LogP contribution < -0.4 is 0 Å². The lowest BCUT2D eigenvalue weighted by atomic mass is 9.34. The number of allylic oxidation sites excluding steroid dienone is 1. The number of carboxylic acid groups (broad SMARTS) is 1. The molecule has 3 saturated carbocycles. The Bertz CT molecular complexity index is 847. The van der Waals surface area contributed by atoms with Crippen molar-refractivity contribution >= 4 is 5.97 Å². The minimum absolute atomic E-state index is 0.0430. The molecule has 4 fully saturated rings. The molecule has 5 rings (SSSR count). The van der Waals surface area contributed by atoms with E-state index in [1.165, 1.54) is 32.1 Å². The molecule has 1 saturated heterocycles. The largest absolute Gasteiger partial charge is 0.481 e. The third-order valence-electron chi connectivity index (χ3n) is 13.0. The van der Waals surface area contributed by atoms with Crippen molar-refractivity contribution in [2.24, 2.45) is 56.7 Å². The molecule has 0 amide bonds. The lowest BCUT2D eigenvalue weighted by Gasteiger charge is -2.70. The molecule has 4 aliphatic carbocycles. The van der Waals surface area contributed by atoms with E-state index in [-0.39, 0.29) is 27.6 Å². The number of carboxylic acids is 1. The molecule has 0 aromatic heterocycles. The summed E-state index contributed by atoms with van der Waals surface area (Å²) in [6.07, 6.45) is 12.1. The van der Waals surface area contributed by atoms with E-state index in [1.54, 1.807) is 5.57 Å². The van der Waals surface area contributed by atoms with E-state index in [4.69, 9.17) is 4.74 Å². The van der Waals surface area contributed by atoms with E-state index < -0.39 is 5.97 Å². The van der Waals surface area contributed by atoms with Gasteiger partial charge in [0.15, 0.2) is 0 Å². The predicted octanol–water partition coefficient (Wildman–Crippen LogP) is 7.36. The van der Waals surface area contributed by atoms with Crippen LogP contribution in [0.4, 0.5) is 0 Å².